The van der Waals surface area contributed by atoms with Gasteiger partial charge in [0.05, 0.1) is 12.3 Å². The van der Waals surface area contributed by atoms with Crippen molar-refractivity contribution in [3.05, 3.63) is 82.3 Å². The molecule has 1 N–H and O–H groups in total. The fraction of sp³-hybridized carbons (Fsp3) is 0.0870. The minimum Gasteiger partial charge on any atom is -0.494 e. The number of benzene rings is 3. The van der Waals surface area contributed by atoms with Crippen LogP contribution in [0, 0.1) is 0 Å². The van der Waals surface area contributed by atoms with Crippen molar-refractivity contribution in [3.8, 4) is 11.4 Å². The topological polar surface area (TPSA) is 69.0 Å². The molecule has 0 spiro atoms. The summed E-state index contributed by atoms with van der Waals surface area (Å²) in [5.74, 6) is 0.505. The predicted molar refractivity (Wildman–Crippen MR) is 124 cm³/mol. The van der Waals surface area contributed by atoms with Gasteiger partial charge in [0.1, 0.15) is 16.8 Å². The van der Waals surface area contributed by atoms with Crippen LogP contribution in [0.25, 0.3) is 22.8 Å². The predicted octanol–water partition coefficient (Wildman–Crippen LogP) is 5.78. The molecular formula is C23H18Cl2N4O2. The fourth-order valence-corrected chi connectivity index (χ4v) is 3.41. The van der Waals surface area contributed by atoms with Gasteiger partial charge in [-0.3, -0.25) is 4.79 Å². The lowest BCUT2D eigenvalue weighted by atomic mass is 10.2. The lowest BCUT2D eigenvalue weighted by Gasteiger charge is -2.03. The van der Waals surface area contributed by atoms with Crippen LogP contribution in [0.5, 0.6) is 5.75 Å². The number of ether oxygens (including phenoxy) is 1. The summed E-state index contributed by atoms with van der Waals surface area (Å²) in [6, 6.07) is 18.0. The van der Waals surface area contributed by atoms with E-state index in [9.17, 15) is 4.79 Å². The summed E-state index contributed by atoms with van der Waals surface area (Å²) in [5, 5.41) is 12.8. The van der Waals surface area contributed by atoms with Crippen LogP contribution in [0.15, 0.2) is 66.7 Å². The summed E-state index contributed by atoms with van der Waals surface area (Å²) in [6.07, 6.45) is 3.05. The molecule has 31 heavy (non-hydrogen) atoms. The summed E-state index contributed by atoms with van der Waals surface area (Å²) in [5.41, 5.74) is 3.51. The van der Waals surface area contributed by atoms with E-state index in [4.69, 9.17) is 27.9 Å². The van der Waals surface area contributed by atoms with E-state index in [0.29, 0.717) is 33.4 Å². The van der Waals surface area contributed by atoms with E-state index in [1.54, 1.807) is 41.2 Å². The first-order chi connectivity index (χ1) is 15.0. The number of halogens is 2. The number of carbonyl (C=O) groups is 1. The molecule has 0 saturated carbocycles. The molecule has 0 radical (unpaired) electrons. The number of fused-ring (bicyclic) bond motifs is 1. The first kappa shape index (κ1) is 20.9. The van der Waals surface area contributed by atoms with Gasteiger partial charge >= 0.3 is 0 Å². The maximum absolute atomic E-state index is 12.3. The van der Waals surface area contributed by atoms with E-state index < -0.39 is 0 Å². The van der Waals surface area contributed by atoms with Gasteiger partial charge in [0.25, 0.3) is 0 Å². The summed E-state index contributed by atoms with van der Waals surface area (Å²) >= 11 is 12.0. The van der Waals surface area contributed by atoms with Gasteiger partial charge in [0.15, 0.2) is 0 Å². The number of hydrogen-bond donors (Lipinski definition) is 1. The van der Waals surface area contributed by atoms with E-state index >= 15 is 0 Å². The molecule has 0 aliphatic rings. The maximum atomic E-state index is 12.3. The van der Waals surface area contributed by atoms with Crippen molar-refractivity contribution in [1.29, 1.82) is 0 Å². The van der Waals surface area contributed by atoms with Gasteiger partial charge in [-0.15, -0.1) is 10.2 Å². The smallest absolute Gasteiger partial charge is 0.248 e. The van der Waals surface area contributed by atoms with Gasteiger partial charge in [-0.05, 0) is 73.2 Å². The van der Waals surface area contributed by atoms with Crippen molar-refractivity contribution in [3.63, 3.8) is 0 Å². The highest BCUT2D eigenvalue weighted by molar-refractivity contribution is 6.35. The normalized spacial score (nSPS) is 11.2. The molecule has 0 saturated heterocycles. The van der Waals surface area contributed by atoms with Crippen molar-refractivity contribution in [2.75, 3.05) is 11.9 Å². The van der Waals surface area contributed by atoms with Gasteiger partial charge in [-0.25, -0.2) is 0 Å². The third-order valence-corrected chi connectivity index (χ3v) is 4.97. The third kappa shape index (κ3) is 5.05. The van der Waals surface area contributed by atoms with Crippen LogP contribution in [0.4, 0.5) is 5.69 Å². The first-order valence-corrected chi connectivity index (χ1v) is 10.3. The molecule has 1 aromatic heterocycles. The highest BCUT2D eigenvalue weighted by Crippen LogP contribution is 2.22. The number of amides is 1. The molecule has 0 fully saturated rings. The Hall–Kier alpha value is -3.35. The average molecular weight is 453 g/mol. The monoisotopic (exact) mass is 452 g/mol. The molecule has 0 aliphatic heterocycles. The molecule has 0 unspecified atom stereocenters. The van der Waals surface area contributed by atoms with Crippen LogP contribution in [-0.2, 0) is 4.79 Å². The molecule has 0 aliphatic carbocycles. The average Bonchev–Trinajstić information content (AvgIpc) is 3.17. The number of carbonyl (C=O) groups excluding carboxylic acids is 1. The molecule has 4 rings (SSSR count). The molecule has 0 atom stereocenters. The van der Waals surface area contributed by atoms with Crippen molar-refractivity contribution in [2.45, 2.75) is 6.92 Å². The number of nitrogens with one attached hydrogen (secondary N) is 1. The van der Waals surface area contributed by atoms with Crippen molar-refractivity contribution < 1.29 is 9.53 Å². The van der Waals surface area contributed by atoms with E-state index in [1.165, 1.54) is 6.08 Å². The summed E-state index contributed by atoms with van der Waals surface area (Å²) in [6.45, 7) is 2.55. The van der Waals surface area contributed by atoms with E-state index in [1.807, 2.05) is 37.3 Å². The summed E-state index contributed by atoms with van der Waals surface area (Å²) in [4.78, 5) is 13.8. The van der Waals surface area contributed by atoms with Crippen LogP contribution >= 0.6 is 23.2 Å². The van der Waals surface area contributed by atoms with Crippen LogP contribution in [0.1, 0.15) is 12.5 Å². The SMILES string of the molecule is CCOc1ccc(-n2nc3ccc(NC(=O)/C=C/c4ccc(Cl)cc4Cl)cc3n2)cc1. The van der Waals surface area contributed by atoms with Crippen LogP contribution in [0.2, 0.25) is 10.0 Å². The second-order valence-corrected chi connectivity index (χ2v) is 7.45. The zero-order valence-electron chi connectivity index (χ0n) is 16.5. The Labute approximate surface area is 189 Å². The number of nitrogens with zero attached hydrogens (tertiary/aromatic N) is 3. The summed E-state index contributed by atoms with van der Waals surface area (Å²) in [7, 11) is 0. The Bertz CT molecular complexity index is 1270. The van der Waals surface area contributed by atoms with Crippen molar-refractivity contribution >= 4 is 51.9 Å². The lowest BCUT2D eigenvalue weighted by Crippen LogP contribution is -2.07. The Morgan fingerprint density at radius 3 is 2.55 bits per heavy atom. The molecule has 1 amide bonds. The Morgan fingerprint density at radius 1 is 1.03 bits per heavy atom. The lowest BCUT2D eigenvalue weighted by molar-refractivity contribution is -0.111. The highest BCUT2D eigenvalue weighted by atomic mass is 35.5. The van der Waals surface area contributed by atoms with Crippen LogP contribution in [-0.4, -0.2) is 27.5 Å². The Balaban J connectivity index is 1.48. The zero-order valence-corrected chi connectivity index (χ0v) is 18.1. The third-order valence-electron chi connectivity index (χ3n) is 4.40. The van der Waals surface area contributed by atoms with Gasteiger partial charge < -0.3 is 10.1 Å². The molecule has 3 aromatic carbocycles. The molecule has 8 heteroatoms. The van der Waals surface area contributed by atoms with E-state index in [2.05, 4.69) is 15.5 Å². The van der Waals surface area contributed by atoms with Gasteiger partial charge in [-0.1, -0.05) is 29.3 Å². The Kier molecular flexibility index (Phi) is 6.21. The van der Waals surface area contributed by atoms with Gasteiger partial charge in [0, 0.05) is 21.8 Å². The molecular weight excluding hydrogens is 435 g/mol. The minimum atomic E-state index is -0.288. The first-order valence-electron chi connectivity index (χ1n) is 9.56. The van der Waals surface area contributed by atoms with E-state index in [-0.39, 0.29) is 5.91 Å². The number of anilines is 1. The second kappa shape index (κ2) is 9.20. The summed E-state index contributed by atoms with van der Waals surface area (Å²) < 4.78 is 5.46. The molecule has 4 aromatic rings. The molecule has 1 heterocycles. The Morgan fingerprint density at radius 2 is 1.81 bits per heavy atom. The number of rotatable bonds is 6. The molecule has 156 valence electrons. The second-order valence-electron chi connectivity index (χ2n) is 6.61. The van der Waals surface area contributed by atoms with Crippen LogP contribution < -0.4 is 10.1 Å². The van der Waals surface area contributed by atoms with Crippen molar-refractivity contribution in [1.82, 2.24) is 15.0 Å². The minimum absolute atomic E-state index is 0.288. The quantitative estimate of drug-likeness (QED) is 0.376. The van der Waals surface area contributed by atoms with Gasteiger partial charge in [-0.2, -0.15) is 4.80 Å². The number of hydrogen-bond acceptors (Lipinski definition) is 4. The van der Waals surface area contributed by atoms with E-state index in [0.717, 1.165) is 17.0 Å². The fourth-order valence-electron chi connectivity index (χ4n) is 2.94. The maximum Gasteiger partial charge on any atom is 0.248 e. The molecule has 6 nitrogen and oxygen atoms in total. The van der Waals surface area contributed by atoms with Crippen LogP contribution in [0.3, 0.4) is 0 Å². The van der Waals surface area contributed by atoms with Crippen molar-refractivity contribution in [2.24, 2.45) is 0 Å². The largest absolute Gasteiger partial charge is 0.494 e. The number of aromatic nitrogens is 3. The van der Waals surface area contributed by atoms with Gasteiger partial charge in [0.2, 0.25) is 5.91 Å². The highest BCUT2D eigenvalue weighted by Gasteiger charge is 2.07. The zero-order chi connectivity index (χ0) is 21.8. The molecule has 0 bridgehead atoms. The standard InChI is InChI=1S/C23H18Cl2N4O2/c1-2-31-19-9-7-18(8-10-19)29-27-21-11-6-17(14-22(21)28-29)26-23(30)12-4-15-3-5-16(24)13-20(15)25/h3-14H,2H2,1H3,(H,26,30)/b12-4+.